The molecule has 4 heteroatoms. The van der Waals surface area contributed by atoms with Gasteiger partial charge in [0, 0.05) is 30.2 Å². The maximum atomic E-state index is 6.22. The molecule has 0 unspecified atom stereocenters. The number of benzene rings is 2. The summed E-state index contributed by atoms with van der Waals surface area (Å²) in [5.41, 5.74) is 0.913. The Labute approximate surface area is 161 Å². The highest BCUT2D eigenvalue weighted by molar-refractivity contribution is 6.30. The van der Waals surface area contributed by atoms with Crippen LogP contribution in [0.2, 0.25) is 5.02 Å². The summed E-state index contributed by atoms with van der Waals surface area (Å²) < 4.78 is 12.2. The van der Waals surface area contributed by atoms with Gasteiger partial charge in [0.25, 0.3) is 0 Å². The van der Waals surface area contributed by atoms with Crippen molar-refractivity contribution >= 4 is 17.7 Å². The first kappa shape index (κ1) is 18.8. The lowest BCUT2D eigenvalue weighted by atomic mass is 9.93. The van der Waals surface area contributed by atoms with E-state index in [1.165, 1.54) is 0 Å². The van der Waals surface area contributed by atoms with Crippen LogP contribution in [-0.2, 0) is 0 Å². The molecule has 0 spiro atoms. The first-order chi connectivity index (χ1) is 12.6. The van der Waals surface area contributed by atoms with Gasteiger partial charge in [0.2, 0.25) is 0 Å². The Morgan fingerprint density at radius 2 is 1.81 bits per heavy atom. The Hall–Kier alpha value is -1.97. The van der Waals surface area contributed by atoms with E-state index in [0.29, 0.717) is 6.61 Å². The number of likely N-dealkylation sites (tertiary alicyclic amines) is 1. The monoisotopic (exact) mass is 371 g/mol. The first-order valence-corrected chi connectivity index (χ1v) is 9.47. The van der Waals surface area contributed by atoms with Crippen molar-refractivity contribution in [1.29, 1.82) is 0 Å². The first-order valence-electron chi connectivity index (χ1n) is 9.09. The molecule has 1 saturated heterocycles. The van der Waals surface area contributed by atoms with Gasteiger partial charge in [-0.15, -0.1) is 0 Å². The van der Waals surface area contributed by atoms with Crippen LogP contribution in [0.25, 0.3) is 6.08 Å². The van der Waals surface area contributed by atoms with Gasteiger partial charge in [-0.25, -0.2) is 0 Å². The molecule has 0 saturated carbocycles. The molecule has 138 valence electrons. The van der Waals surface area contributed by atoms with Crippen LogP contribution in [0.4, 0.5) is 0 Å². The van der Waals surface area contributed by atoms with Crippen LogP contribution < -0.4 is 9.47 Å². The fourth-order valence-corrected chi connectivity index (χ4v) is 3.33. The van der Waals surface area contributed by atoms with Crippen molar-refractivity contribution in [3.8, 4) is 11.5 Å². The highest BCUT2D eigenvalue weighted by Gasteiger charge is 2.31. The van der Waals surface area contributed by atoms with Crippen LogP contribution in [0, 0.1) is 0 Å². The topological polar surface area (TPSA) is 21.7 Å². The highest BCUT2D eigenvalue weighted by atomic mass is 35.5. The fraction of sp³-hybridized carbons (Fsp3) is 0.364. The van der Waals surface area contributed by atoms with Crippen molar-refractivity contribution in [3.05, 3.63) is 65.7 Å². The third-order valence-corrected chi connectivity index (χ3v) is 5.15. The second-order valence-corrected chi connectivity index (χ2v) is 7.37. The van der Waals surface area contributed by atoms with Crippen molar-refractivity contribution in [2.75, 3.05) is 26.2 Å². The van der Waals surface area contributed by atoms with E-state index in [1.54, 1.807) is 0 Å². The summed E-state index contributed by atoms with van der Waals surface area (Å²) in [5, 5.41) is 0.732. The Morgan fingerprint density at radius 1 is 1.12 bits per heavy atom. The van der Waals surface area contributed by atoms with E-state index in [2.05, 4.69) is 18.4 Å². The van der Waals surface area contributed by atoms with Gasteiger partial charge in [-0.1, -0.05) is 42.5 Å². The highest BCUT2D eigenvalue weighted by Crippen LogP contribution is 2.29. The van der Waals surface area contributed by atoms with Gasteiger partial charge < -0.3 is 9.47 Å². The summed E-state index contributed by atoms with van der Waals surface area (Å²) in [6.07, 6.45) is 3.83. The summed E-state index contributed by atoms with van der Waals surface area (Å²) in [6.45, 7) is 9.64. The van der Waals surface area contributed by atoms with Crippen molar-refractivity contribution < 1.29 is 9.47 Å². The maximum Gasteiger partial charge on any atom is 0.126 e. The third kappa shape index (κ3) is 5.03. The van der Waals surface area contributed by atoms with Crippen molar-refractivity contribution in [1.82, 2.24) is 4.90 Å². The van der Waals surface area contributed by atoms with E-state index >= 15 is 0 Å². The minimum absolute atomic E-state index is 0.124. The molecule has 3 rings (SSSR count). The van der Waals surface area contributed by atoms with Gasteiger partial charge in [0.15, 0.2) is 0 Å². The van der Waals surface area contributed by atoms with E-state index in [-0.39, 0.29) is 5.60 Å². The summed E-state index contributed by atoms with van der Waals surface area (Å²) in [7, 11) is 0. The lowest BCUT2D eigenvalue weighted by molar-refractivity contribution is 0.0135. The molecule has 0 radical (unpaired) electrons. The zero-order valence-electron chi connectivity index (χ0n) is 15.3. The summed E-state index contributed by atoms with van der Waals surface area (Å²) >= 11 is 5.94. The molecule has 0 atom stereocenters. The molecule has 0 N–H and O–H groups in total. The summed E-state index contributed by atoms with van der Waals surface area (Å²) in [5.74, 6) is 1.78. The van der Waals surface area contributed by atoms with Crippen molar-refractivity contribution in [3.63, 3.8) is 0 Å². The van der Waals surface area contributed by atoms with E-state index < -0.39 is 0 Å². The largest absolute Gasteiger partial charge is 0.492 e. The van der Waals surface area contributed by atoms with Gasteiger partial charge in [0.05, 0.1) is 0 Å². The van der Waals surface area contributed by atoms with Crippen molar-refractivity contribution in [2.45, 2.75) is 25.4 Å². The average molecular weight is 372 g/mol. The number of rotatable bonds is 7. The number of nitrogens with zero attached hydrogens (tertiary/aromatic N) is 1. The van der Waals surface area contributed by atoms with Gasteiger partial charge in [-0.05, 0) is 50.1 Å². The summed E-state index contributed by atoms with van der Waals surface area (Å²) in [6, 6.07) is 15.6. The number of piperidine rings is 1. The lowest BCUT2D eigenvalue weighted by Crippen LogP contribution is -2.47. The van der Waals surface area contributed by atoms with Gasteiger partial charge in [0.1, 0.15) is 23.7 Å². The molecule has 1 aliphatic heterocycles. The smallest absolute Gasteiger partial charge is 0.126 e. The van der Waals surface area contributed by atoms with Gasteiger partial charge in [-0.2, -0.15) is 0 Å². The second-order valence-electron chi connectivity index (χ2n) is 6.94. The molecular formula is C22H26ClNO2. The predicted octanol–water partition coefficient (Wildman–Crippen LogP) is 5.30. The minimum Gasteiger partial charge on any atom is -0.492 e. The molecule has 26 heavy (non-hydrogen) atoms. The molecule has 0 aromatic heterocycles. The zero-order valence-corrected chi connectivity index (χ0v) is 16.0. The van der Waals surface area contributed by atoms with Crippen LogP contribution in [-0.4, -0.2) is 36.7 Å². The van der Waals surface area contributed by atoms with Crippen molar-refractivity contribution in [2.24, 2.45) is 0 Å². The SMILES string of the molecule is C=Cc1ccccc1OCCN1CCC(C)(Oc2ccc(Cl)cc2)CC1. The second kappa shape index (κ2) is 8.61. The Kier molecular flexibility index (Phi) is 6.23. The fourth-order valence-electron chi connectivity index (χ4n) is 3.20. The quantitative estimate of drug-likeness (QED) is 0.659. The van der Waals surface area contributed by atoms with E-state index in [0.717, 1.165) is 54.6 Å². The Morgan fingerprint density at radius 3 is 2.50 bits per heavy atom. The molecule has 0 aliphatic carbocycles. The van der Waals surface area contributed by atoms with Gasteiger partial charge >= 0.3 is 0 Å². The number of ether oxygens (including phenoxy) is 2. The van der Waals surface area contributed by atoms with E-state index in [4.69, 9.17) is 21.1 Å². The van der Waals surface area contributed by atoms with Crippen LogP contribution >= 0.6 is 11.6 Å². The predicted molar refractivity (Wildman–Crippen MR) is 108 cm³/mol. The van der Waals surface area contributed by atoms with Crippen LogP contribution in [0.1, 0.15) is 25.3 Å². The molecule has 1 aliphatic rings. The number of halogens is 1. The number of hydrogen-bond acceptors (Lipinski definition) is 3. The molecule has 1 heterocycles. The molecular weight excluding hydrogens is 346 g/mol. The average Bonchev–Trinajstić information content (AvgIpc) is 2.66. The number of para-hydroxylation sites is 1. The molecule has 3 nitrogen and oxygen atoms in total. The maximum absolute atomic E-state index is 6.22. The third-order valence-electron chi connectivity index (χ3n) is 4.90. The minimum atomic E-state index is -0.124. The Bertz CT molecular complexity index is 721. The van der Waals surface area contributed by atoms with Crippen LogP contribution in [0.3, 0.4) is 0 Å². The lowest BCUT2D eigenvalue weighted by Gasteiger charge is -2.39. The van der Waals surface area contributed by atoms with Gasteiger partial charge in [-0.3, -0.25) is 4.90 Å². The molecule has 2 aromatic rings. The molecule has 0 bridgehead atoms. The molecule has 1 fully saturated rings. The summed E-state index contributed by atoms with van der Waals surface area (Å²) in [4.78, 5) is 2.43. The Balaban J connectivity index is 1.44. The molecule has 2 aromatic carbocycles. The molecule has 0 amide bonds. The van der Waals surface area contributed by atoms with Crippen LogP contribution in [0.15, 0.2) is 55.1 Å². The van der Waals surface area contributed by atoms with Crippen LogP contribution in [0.5, 0.6) is 11.5 Å². The standard InChI is InChI=1S/C22H26ClNO2/c1-3-18-6-4-5-7-21(18)25-17-16-24-14-12-22(2,13-15-24)26-20-10-8-19(23)9-11-20/h3-11H,1,12-17H2,2H3. The van der Waals surface area contributed by atoms with E-state index in [9.17, 15) is 0 Å². The zero-order chi connectivity index (χ0) is 18.4. The number of hydrogen-bond donors (Lipinski definition) is 0. The normalized spacial score (nSPS) is 16.8. The van der Waals surface area contributed by atoms with E-state index in [1.807, 2.05) is 54.6 Å².